The molecule has 6 rings (SSSR count). The number of anilines is 3. The minimum Gasteiger partial charge on any atom is -0.431 e. The van der Waals surface area contributed by atoms with Gasteiger partial charge in [-0.2, -0.15) is 18.5 Å². The van der Waals surface area contributed by atoms with Crippen LogP contribution in [0.1, 0.15) is 52.0 Å². The molecule has 34 heavy (non-hydrogen) atoms. The van der Waals surface area contributed by atoms with Crippen molar-refractivity contribution in [3.05, 3.63) is 51.5 Å². The Kier molecular flexibility index (Phi) is 5.07. The van der Waals surface area contributed by atoms with Gasteiger partial charge in [0.25, 0.3) is 11.9 Å². The van der Waals surface area contributed by atoms with Crippen molar-refractivity contribution in [3.63, 3.8) is 0 Å². The van der Waals surface area contributed by atoms with Gasteiger partial charge in [-0.15, -0.1) is 0 Å². The van der Waals surface area contributed by atoms with E-state index in [4.69, 9.17) is 16.0 Å². The third-order valence-corrected chi connectivity index (χ3v) is 8.58. The Morgan fingerprint density at radius 1 is 1.03 bits per heavy atom. The summed E-state index contributed by atoms with van der Waals surface area (Å²) in [7, 11) is -4.13. The molecule has 0 radical (unpaired) electrons. The van der Waals surface area contributed by atoms with E-state index < -0.39 is 16.1 Å². The average molecular weight is 503 g/mol. The Morgan fingerprint density at radius 3 is 2.47 bits per heavy atom. The molecule has 0 fully saturated rings. The highest BCUT2D eigenvalue weighted by Crippen LogP contribution is 2.44. The van der Waals surface area contributed by atoms with Gasteiger partial charge in [0.1, 0.15) is 12.1 Å². The van der Waals surface area contributed by atoms with Crippen molar-refractivity contribution in [1.29, 1.82) is 0 Å². The van der Waals surface area contributed by atoms with Gasteiger partial charge in [-0.05, 0) is 67.2 Å². The van der Waals surface area contributed by atoms with Crippen molar-refractivity contribution in [2.24, 2.45) is 0 Å². The van der Waals surface area contributed by atoms with Crippen LogP contribution in [-0.4, -0.2) is 35.6 Å². The van der Waals surface area contributed by atoms with E-state index in [0.717, 1.165) is 59.8 Å². The van der Waals surface area contributed by atoms with Gasteiger partial charge in [0, 0.05) is 29.9 Å². The normalized spacial score (nSPS) is 16.8. The molecule has 1 amide bonds. The molecule has 178 valence electrons. The number of halogens is 1. The molecule has 1 aliphatic heterocycles. The predicted molar refractivity (Wildman–Crippen MR) is 126 cm³/mol. The lowest BCUT2D eigenvalue weighted by atomic mass is 9.98. The molecule has 2 N–H and O–H groups in total. The van der Waals surface area contributed by atoms with Crippen molar-refractivity contribution < 1.29 is 17.6 Å². The SMILES string of the molecule is O=C(NS(=O)(=O)N1CCCn2nccc21)c1coc(Nc2c3c(c(Cl)c4c2CCC4)CCC3)n1. The Bertz CT molecular complexity index is 1380. The number of oxazole rings is 1. The third-order valence-electron chi connectivity index (χ3n) is 6.73. The number of nitrogens with zero attached hydrogens (tertiary/aromatic N) is 4. The fourth-order valence-electron chi connectivity index (χ4n) is 5.24. The Morgan fingerprint density at radius 2 is 1.74 bits per heavy atom. The number of aryl methyl sites for hydroxylation is 1. The molecule has 0 bridgehead atoms. The summed E-state index contributed by atoms with van der Waals surface area (Å²) in [5.41, 5.74) is 5.56. The highest BCUT2D eigenvalue weighted by molar-refractivity contribution is 7.91. The van der Waals surface area contributed by atoms with Gasteiger partial charge in [0.05, 0.1) is 6.20 Å². The number of aromatic nitrogens is 3. The molecule has 10 nitrogen and oxygen atoms in total. The molecular weight excluding hydrogens is 480 g/mol. The van der Waals surface area contributed by atoms with Gasteiger partial charge in [0.2, 0.25) is 0 Å². The maximum absolute atomic E-state index is 12.9. The number of benzene rings is 1. The van der Waals surface area contributed by atoms with Crippen LogP contribution in [0.5, 0.6) is 0 Å². The lowest BCUT2D eigenvalue weighted by Crippen LogP contribution is -2.46. The lowest BCUT2D eigenvalue weighted by molar-refractivity contribution is 0.0976. The first-order valence-corrected chi connectivity index (χ1v) is 13.2. The van der Waals surface area contributed by atoms with Crippen LogP contribution in [0.3, 0.4) is 0 Å². The van der Waals surface area contributed by atoms with Crippen LogP contribution in [0.25, 0.3) is 0 Å². The van der Waals surface area contributed by atoms with Gasteiger partial charge >= 0.3 is 10.2 Å². The molecule has 0 saturated carbocycles. The van der Waals surface area contributed by atoms with Crippen molar-refractivity contribution in [1.82, 2.24) is 19.5 Å². The lowest BCUT2D eigenvalue weighted by Gasteiger charge is -2.28. The van der Waals surface area contributed by atoms with E-state index in [0.29, 0.717) is 18.8 Å². The molecule has 2 aromatic heterocycles. The van der Waals surface area contributed by atoms with Gasteiger partial charge in [-0.1, -0.05) is 11.6 Å². The van der Waals surface area contributed by atoms with Crippen LogP contribution in [0.4, 0.5) is 17.5 Å². The summed E-state index contributed by atoms with van der Waals surface area (Å²) in [6.07, 6.45) is 9.10. The number of rotatable bonds is 5. The fourth-order valence-corrected chi connectivity index (χ4v) is 6.87. The summed E-state index contributed by atoms with van der Waals surface area (Å²) < 4.78 is 36.1. The van der Waals surface area contributed by atoms with Gasteiger partial charge in [-0.25, -0.2) is 13.7 Å². The largest absolute Gasteiger partial charge is 0.431 e. The molecule has 0 atom stereocenters. The van der Waals surface area contributed by atoms with E-state index in [9.17, 15) is 13.2 Å². The van der Waals surface area contributed by atoms with Crippen LogP contribution in [0.15, 0.2) is 22.9 Å². The van der Waals surface area contributed by atoms with E-state index in [1.807, 2.05) is 0 Å². The maximum atomic E-state index is 12.9. The summed E-state index contributed by atoms with van der Waals surface area (Å²) in [6, 6.07) is 1.74. The molecule has 12 heteroatoms. The minimum atomic E-state index is -4.13. The molecule has 3 aromatic rings. The molecule has 2 aliphatic carbocycles. The number of hydrogen-bond acceptors (Lipinski definition) is 7. The Balaban J connectivity index is 1.23. The summed E-state index contributed by atoms with van der Waals surface area (Å²) in [5.74, 6) is -0.445. The van der Waals surface area contributed by atoms with Crippen LogP contribution < -0.4 is 14.3 Å². The van der Waals surface area contributed by atoms with Crippen molar-refractivity contribution in [3.8, 4) is 0 Å². The topological polar surface area (TPSA) is 122 Å². The number of amides is 1. The summed E-state index contributed by atoms with van der Waals surface area (Å²) in [5, 5.41) is 8.26. The second-order valence-electron chi connectivity index (χ2n) is 8.75. The fraction of sp³-hybridized carbons (Fsp3) is 0.409. The van der Waals surface area contributed by atoms with Crippen LogP contribution in [0.2, 0.25) is 5.02 Å². The second kappa shape index (κ2) is 8.02. The first-order valence-electron chi connectivity index (χ1n) is 11.4. The maximum Gasteiger partial charge on any atom is 0.327 e. The molecule has 0 spiro atoms. The van der Waals surface area contributed by atoms with E-state index in [1.165, 1.54) is 28.5 Å². The Labute approximate surface area is 201 Å². The molecule has 1 aromatic carbocycles. The average Bonchev–Trinajstić information content (AvgIpc) is 3.60. The smallest absolute Gasteiger partial charge is 0.327 e. The zero-order valence-electron chi connectivity index (χ0n) is 18.3. The zero-order chi connectivity index (χ0) is 23.4. The Hall–Kier alpha value is -3.05. The van der Waals surface area contributed by atoms with E-state index in [2.05, 4.69) is 20.1 Å². The summed E-state index contributed by atoms with van der Waals surface area (Å²) >= 11 is 6.68. The molecular formula is C22H23ClN6O4S. The van der Waals surface area contributed by atoms with E-state index in [-0.39, 0.29) is 18.3 Å². The first-order chi connectivity index (χ1) is 16.4. The van der Waals surface area contributed by atoms with Crippen molar-refractivity contribution in [2.75, 3.05) is 16.2 Å². The van der Waals surface area contributed by atoms with Gasteiger partial charge < -0.3 is 9.73 Å². The highest BCUT2D eigenvalue weighted by atomic mass is 35.5. The third kappa shape index (κ3) is 3.45. The molecule has 0 saturated heterocycles. The summed E-state index contributed by atoms with van der Waals surface area (Å²) in [6.45, 7) is 0.880. The number of nitrogens with one attached hydrogen (secondary N) is 2. The predicted octanol–water partition coefficient (Wildman–Crippen LogP) is 3.13. The monoisotopic (exact) mass is 502 g/mol. The molecule has 0 unspecified atom stereocenters. The van der Waals surface area contributed by atoms with Crippen LogP contribution in [0, 0.1) is 0 Å². The number of carbonyl (C=O) groups is 1. The number of carbonyl (C=O) groups excluding carboxylic acids is 1. The summed E-state index contributed by atoms with van der Waals surface area (Å²) in [4.78, 5) is 17.0. The standard InChI is InChI=1S/C22H23ClN6O4S/c23-19-13-4-1-6-15(13)20(16-7-2-5-14(16)19)26-22-25-17(12-33-22)21(30)27-34(31,32)29-11-3-10-28-18(29)8-9-24-28/h8-9,12H,1-7,10-11H2,(H,25,26)(H,27,30). The second-order valence-corrected chi connectivity index (χ2v) is 10.7. The quantitative estimate of drug-likeness (QED) is 0.549. The van der Waals surface area contributed by atoms with Gasteiger partial charge in [0.15, 0.2) is 5.69 Å². The number of fused-ring (bicyclic) bond motifs is 3. The zero-order valence-corrected chi connectivity index (χ0v) is 19.9. The van der Waals surface area contributed by atoms with Crippen LogP contribution >= 0.6 is 11.6 Å². The molecule has 3 heterocycles. The first kappa shape index (κ1) is 21.5. The minimum absolute atomic E-state index is 0.126. The molecule has 3 aliphatic rings. The highest BCUT2D eigenvalue weighted by Gasteiger charge is 2.32. The van der Waals surface area contributed by atoms with Crippen molar-refractivity contribution >= 4 is 45.2 Å². The van der Waals surface area contributed by atoms with Crippen LogP contribution in [-0.2, 0) is 42.4 Å². The van der Waals surface area contributed by atoms with E-state index >= 15 is 0 Å². The van der Waals surface area contributed by atoms with E-state index in [1.54, 1.807) is 10.7 Å². The number of hydrogen-bond donors (Lipinski definition) is 2. The van der Waals surface area contributed by atoms with Crippen molar-refractivity contribution in [2.45, 2.75) is 51.5 Å². The van der Waals surface area contributed by atoms with Gasteiger partial charge in [-0.3, -0.25) is 4.79 Å².